The van der Waals surface area contributed by atoms with E-state index in [9.17, 15) is 29.3 Å². The second-order valence-corrected chi connectivity index (χ2v) is 14.9. The van der Waals surface area contributed by atoms with E-state index in [0.29, 0.717) is 25.7 Å². The van der Waals surface area contributed by atoms with Gasteiger partial charge in [0.15, 0.2) is 6.10 Å². The first-order chi connectivity index (χ1) is 28.1. The number of hydrogen-bond acceptors (Lipinski definition) is 10. The summed E-state index contributed by atoms with van der Waals surface area (Å²) in [4.78, 5) is 34.9. The Morgan fingerprint density at radius 1 is 0.586 bits per heavy atom. The number of esters is 2. The molecule has 0 aromatic rings. The van der Waals surface area contributed by atoms with Gasteiger partial charge >= 0.3 is 19.8 Å². The Kier molecular flexibility index (Phi) is 38.0. The average molecular weight is 833 g/mol. The summed E-state index contributed by atoms with van der Waals surface area (Å²) in [6, 6.07) is 0. The van der Waals surface area contributed by atoms with Crippen LogP contribution in [-0.4, -0.2) is 76.9 Å². The lowest BCUT2D eigenvalue weighted by Gasteiger charge is -2.20. The van der Waals surface area contributed by atoms with E-state index in [1.807, 2.05) is 54.7 Å². The first kappa shape index (κ1) is 54.6. The van der Waals surface area contributed by atoms with Crippen LogP contribution < -0.4 is 0 Å². The van der Waals surface area contributed by atoms with Crippen molar-refractivity contribution in [2.24, 2.45) is 0 Å². The Morgan fingerprint density at radius 2 is 1.12 bits per heavy atom. The van der Waals surface area contributed by atoms with Gasteiger partial charge in [0, 0.05) is 12.8 Å². The Balaban J connectivity index is 4.54. The van der Waals surface area contributed by atoms with Crippen LogP contribution in [0.5, 0.6) is 0 Å². The first-order valence-electron chi connectivity index (χ1n) is 21.0. The van der Waals surface area contributed by atoms with E-state index < -0.39 is 57.9 Å². The summed E-state index contributed by atoms with van der Waals surface area (Å²) >= 11 is 0. The normalized spacial score (nSPS) is 15.5. The highest BCUT2D eigenvalue weighted by Gasteiger charge is 2.27. The van der Waals surface area contributed by atoms with E-state index in [2.05, 4.69) is 67.0 Å². The molecular formula is C46H73O11P. The van der Waals surface area contributed by atoms with Gasteiger partial charge in [-0.3, -0.25) is 18.6 Å². The number of phosphoric ester groups is 1. The number of carbonyl (C=O) groups excluding carboxylic acids is 2. The zero-order chi connectivity index (χ0) is 42.8. The van der Waals surface area contributed by atoms with Crippen molar-refractivity contribution in [3.63, 3.8) is 0 Å². The van der Waals surface area contributed by atoms with Crippen LogP contribution in [0.4, 0.5) is 0 Å². The number of unbranched alkanes of at least 4 members (excludes halogenated alkanes) is 5. The molecule has 0 fully saturated rings. The fourth-order valence-electron chi connectivity index (χ4n) is 4.82. The number of hydrogen-bond donors (Lipinski definition) is 4. The van der Waals surface area contributed by atoms with Crippen LogP contribution in [0.2, 0.25) is 0 Å². The van der Waals surface area contributed by atoms with Gasteiger partial charge in [-0.25, -0.2) is 4.57 Å². The summed E-state index contributed by atoms with van der Waals surface area (Å²) < 4.78 is 32.5. The summed E-state index contributed by atoms with van der Waals surface area (Å²) in [7, 11) is -4.66. The van der Waals surface area contributed by atoms with Gasteiger partial charge in [-0.1, -0.05) is 142 Å². The summed E-state index contributed by atoms with van der Waals surface area (Å²) in [6.07, 6.45) is 46.7. The van der Waals surface area contributed by atoms with Gasteiger partial charge < -0.3 is 29.7 Å². The number of phosphoric acid groups is 1. The molecular weight excluding hydrogens is 759 g/mol. The minimum absolute atomic E-state index is 0.0821. The number of carbonyl (C=O) groups is 2. The van der Waals surface area contributed by atoms with Crippen molar-refractivity contribution < 1.29 is 52.9 Å². The minimum atomic E-state index is -4.66. The second kappa shape index (κ2) is 40.4. The van der Waals surface area contributed by atoms with Gasteiger partial charge in [0.1, 0.15) is 12.7 Å². The third kappa shape index (κ3) is 39.4. The lowest BCUT2D eigenvalue weighted by Crippen LogP contribution is -2.29. The molecule has 0 rings (SSSR count). The van der Waals surface area contributed by atoms with Gasteiger partial charge in [0.05, 0.1) is 25.9 Å². The second-order valence-electron chi connectivity index (χ2n) is 13.4. The highest BCUT2D eigenvalue weighted by Crippen LogP contribution is 2.43. The van der Waals surface area contributed by atoms with Gasteiger partial charge in [0.25, 0.3) is 0 Å². The van der Waals surface area contributed by atoms with Crippen molar-refractivity contribution in [2.45, 2.75) is 141 Å². The van der Waals surface area contributed by atoms with Crippen molar-refractivity contribution in [1.29, 1.82) is 0 Å². The van der Waals surface area contributed by atoms with Crippen molar-refractivity contribution in [3.8, 4) is 0 Å². The molecule has 328 valence electrons. The van der Waals surface area contributed by atoms with Crippen molar-refractivity contribution in [2.75, 3.05) is 26.4 Å². The molecule has 0 aliphatic heterocycles. The maximum Gasteiger partial charge on any atom is 0.472 e. The van der Waals surface area contributed by atoms with Crippen LogP contribution in [0, 0.1) is 0 Å². The lowest BCUT2D eigenvalue weighted by molar-refractivity contribution is -0.161. The van der Waals surface area contributed by atoms with Gasteiger partial charge in [-0.2, -0.15) is 0 Å². The molecule has 4 atom stereocenters. The molecule has 0 bridgehead atoms. The molecule has 0 amide bonds. The van der Waals surface area contributed by atoms with Crippen LogP contribution in [0.15, 0.2) is 109 Å². The third-order valence-electron chi connectivity index (χ3n) is 8.02. The van der Waals surface area contributed by atoms with E-state index in [0.717, 1.165) is 70.6 Å². The molecule has 4 N–H and O–H groups in total. The molecule has 58 heavy (non-hydrogen) atoms. The summed E-state index contributed by atoms with van der Waals surface area (Å²) in [5.74, 6) is -1.09. The number of ether oxygens (including phenoxy) is 2. The predicted octanol–water partition coefficient (Wildman–Crippen LogP) is 9.97. The maximum atomic E-state index is 12.6. The molecule has 0 aliphatic carbocycles. The molecule has 0 spiro atoms. The summed E-state index contributed by atoms with van der Waals surface area (Å²) in [6.45, 7) is 1.93. The number of aliphatic hydroxyl groups is 3. The zero-order valence-electron chi connectivity index (χ0n) is 35.1. The van der Waals surface area contributed by atoms with Gasteiger partial charge in [-0.05, 0) is 77.0 Å². The minimum Gasteiger partial charge on any atom is -0.462 e. The van der Waals surface area contributed by atoms with E-state index >= 15 is 0 Å². The number of aliphatic hydroxyl groups excluding tert-OH is 3. The monoisotopic (exact) mass is 832 g/mol. The number of allylic oxidation sites excluding steroid dienone is 16. The molecule has 11 nitrogen and oxygen atoms in total. The third-order valence-corrected chi connectivity index (χ3v) is 8.97. The Morgan fingerprint density at radius 3 is 1.76 bits per heavy atom. The Labute approximate surface area is 348 Å². The highest BCUT2D eigenvalue weighted by atomic mass is 31.2. The van der Waals surface area contributed by atoms with Gasteiger partial charge in [0.2, 0.25) is 0 Å². The predicted molar refractivity (Wildman–Crippen MR) is 234 cm³/mol. The van der Waals surface area contributed by atoms with Crippen molar-refractivity contribution in [1.82, 2.24) is 0 Å². The van der Waals surface area contributed by atoms with Gasteiger partial charge in [-0.15, -0.1) is 0 Å². The Bertz CT molecular complexity index is 1340. The molecule has 0 saturated heterocycles. The lowest BCUT2D eigenvalue weighted by atomic mass is 10.1. The molecule has 0 aliphatic rings. The fourth-order valence-corrected chi connectivity index (χ4v) is 5.61. The van der Waals surface area contributed by atoms with Crippen molar-refractivity contribution >= 4 is 19.8 Å². The van der Waals surface area contributed by atoms with E-state index in [1.165, 1.54) is 0 Å². The maximum absolute atomic E-state index is 12.6. The Hall–Kier alpha value is -3.41. The van der Waals surface area contributed by atoms with Crippen LogP contribution in [0.25, 0.3) is 0 Å². The van der Waals surface area contributed by atoms with E-state index in [1.54, 1.807) is 6.08 Å². The fraction of sp³-hybridized carbons (Fsp3) is 0.565. The SMILES string of the molecule is CC/C=C\C/C=C\C/C=C\CCCCCCCC(=O)O[C@H](COC(=O)CC/C=C\C/C=C\C/C=C\C=C\C(O)C/C=C\C/C=C\CC)COP(=O)(O)OC[C@@H](O)CO. The smallest absolute Gasteiger partial charge is 0.462 e. The topological polar surface area (TPSA) is 169 Å². The largest absolute Gasteiger partial charge is 0.472 e. The zero-order valence-corrected chi connectivity index (χ0v) is 36.0. The standard InChI is InChI=1S/C46H73O11P/c1-3-5-7-9-11-12-13-14-15-16-17-22-25-29-33-37-46(51)57-44(41-56-58(52,53)55-39-43(49)38-47)40-54-45(50)36-32-28-24-21-19-18-20-23-27-31-35-42(48)34-30-26-10-8-6-4-2/h5-8,11-12,14-15,18-19,23-24,26-28,30-31,35,42-44,47-49H,3-4,9-10,13,16-17,20-22,25,29,32-34,36-41H2,1-2H3,(H,52,53)/b7-5-,8-6-,12-11-,15-14-,19-18-,27-23-,28-24-,30-26-,35-31+/t42?,43-,44+/m0/s1. The average Bonchev–Trinajstić information content (AvgIpc) is 3.21. The molecule has 0 aromatic heterocycles. The molecule has 12 heteroatoms. The van der Waals surface area contributed by atoms with Crippen LogP contribution in [-0.2, 0) is 32.7 Å². The van der Waals surface area contributed by atoms with Crippen LogP contribution >= 0.6 is 7.82 Å². The van der Waals surface area contributed by atoms with E-state index in [4.69, 9.17) is 19.1 Å². The summed E-state index contributed by atoms with van der Waals surface area (Å²) in [5, 5.41) is 28.3. The van der Waals surface area contributed by atoms with Crippen LogP contribution in [0.1, 0.15) is 123 Å². The van der Waals surface area contributed by atoms with Crippen molar-refractivity contribution in [3.05, 3.63) is 109 Å². The summed E-state index contributed by atoms with van der Waals surface area (Å²) in [5.41, 5.74) is 0. The molecule has 0 heterocycles. The quantitative estimate of drug-likeness (QED) is 0.0155. The number of rotatable bonds is 37. The van der Waals surface area contributed by atoms with E-state index in [-0.39, 0.29) is 19.4 Å². The molecule has 2 unspecified atom stereocenters. The highest BCUT2D eigenvalue weighted by molar-refractivity contribution is 7.47. The van der Waals surface area contributed by atoms with Crippen LogP contribution in [0.3, 0.4) is 0 Å². The molecule has 0 aromatic carbocycles. The molecule has 0 radical (unpaired) electrons. The molecule has 0 saturated carbocycles. The first-order valence-corrected chi connectivity index (χ1v) is 22.4.